The molecule has 0 radical (unpaired) electrons. The fraction of sp³-hybridized carbons (Fsp3) is 0.240. The van der Waals surface area contributed by atoms with Crippen LogP contribution in [0.2, 0.25) is 0 Å². The predicted molar refractivity (Wildman–Crippen MR) is 116 cm³/mol. The Morgan fingerprint density at radius 1 is 1.17 bits per heavy atom. The normalized spacial score (nSPS) is 16.9. The van der Waals surface area contributed by atoms with Crippen molar-refractivity contribution in [3.05, 3.63) is 95.0 Å². The molecular formula is C25H27NO3. The summed E-state index contributed by atoms with van der Waals surface area (Å²) in [6, 6.07) is 10.3. The Labute approximate surface area is 183 Å². The van der Waals surface area contributed by atoms with E-state index < -0.39 is 56.0 Å². The van der Waals surface area contributed by atoms with Crippen LogP contribution in [0.4, 0.5) is 0 Å². The highest BCUT2D eigenvalue weighted by molar-refractivity contribution is 5.89. The van der Waals surface area contributed by atoms with Crippen molar-refractivity contribution >= 4 is 5.97 Å². The minimum Gasteiger partial charge on any atom is -0.478 e. The third-order valence-electron chi connectivity index (χ3n) is 4.19. The Hall–Kier alpha value is -2.95. The summed E-state index contributed by atoms with van der Waals surface area (Å²) in [6.07, 6.45) is -4.34. The average Bonchev–Trinajstić information content (AvgIpc) is 2.84. The molecule has 4 heteroatoms. The van der Waals surface area contributed by atoms with Gasteiger partial charge in [-0.2, -0.15) is 0 Å². The molecule has 0 unspecified atom stereocenters. The van der Waals surface area contributed by atoms with Gasteiger partial charge in [-0.1, -0.05) is 66.1 Å². The van der Waals surface area contributed by atoms with Gasteiger partial charge in [-0.15, -0.1) is 0 Å². The van der Waals surface area contributed by atoms with E-state index in [0.717, 1.165) is 5.56 Å². The minimum absolute atomic E-state index is 0.0896. The molecule has 3 N–H and O–H groups in total. The molecule has 150 valence electrons. The monoisotopic (exact) mass is 397 g/mol. The van der Waals surface area contributed by atoms with E-state index in [2.05, 4.69) is 5.32 Å². The maximum absolute atomic E-state index is 11.4. The van der Waals surface area contributed by atoms with E-state index in [1.54, 1.807) is 31.2 Å². The highest BCUT2D eigenvalue weighted by Crippen LogP contribution is 2.22. The lowest BCUT2D eigenvalue weighted by molar-refractivity contribution is 0.0697. The number of aliphatic hydroxyl groups excluding tert-OH is 1. The molecule has 29 heavy (non-hydrogen) atoms. The summed E-state index contributed by atoms with van der Waals surface area (Å²) in [5.74, 6) is -1.21. The molecule has 3 aromatic rings. The first-order valence-corrected chi connectivity index (χ1v) is 9.07. The van der Waals surface area contributed by atoms with Crippen LogP contribution in [0.1, 0.15) is 50.5 Å². The largest absolute Gasteiger partial charge is 0.478 e. The van der Waals surface area contributed by atoms with Crippen molar-refractivity contribution in [2.45, 2.75) is 25.8 Å². The number of carbonyl (C=O) groups is 1. The molecule has 0 saturated heterocycles. The number of aliphatic hydroxyl groups is 1. The van der Waals surface area contributed by atoms with Crippen LogP contribution in [0, 0.1) is 6.92 Å². The van der Waals surface area contributed by atoms with E-state index >= 15 is 0 Å². The van der Waals surface area contributed by atoms with Crippen LogP contribution in [0.15, 0.2) is 72.7 Å². The lowest BCUT2D eigenvalue weighted by Gasteiger charge is -2.13. The summed E-state index contributed by atoms with van der Waals surface area (Å²) in [5, 5.41) is 22.2. The molecular weight excluding hydrogens is 362 g/mol. The zero-order valence-corrected chi connectivity index (χ0v) is 15.9. The zero-order valence-electron chi connectivity index (χ0n) is 23.9. The first-order valence-electron chi connectivity index (χ1n) is 13.1. The number of hydrogen-bond acceptors (Lipinski definition) is 3. The van der Waals surface area contributed by atoms with Gasteiger partial charge in [-0.3, -0.25) is 0 Å². The molecule has 0 spiro atoms. The summed E-state index contributed by atoms with van der Waals surface area (Å²) >= 11 is 0. The molecule has 0 fully saturated rings. The van der Waals surface area contributed by atoms with Crippen LogP contribution in [0.3, 0.4) is 0 Å². The summed E-state index contributed by atoms with van der Waals surface area (Å²) < 4.78 is 66.6. The second-order valence-electron chi connectivity index (χ2n) is 6.48. The van der Waals surface area contributed by atoms with Gasteiger partial charge in [0, 0.05) is 12.0 Å². The topological polar surface area (TPSA) is 69.6 Å². The number of aromatic carboxylic acids is 1. The van der Waals surface area contributed by atoms with E-state index in [1.165, 1.54) is 24.3 Å². The third-order valence-corrected chi connectivity index (χ3v) is 4.19. The predicted octanol–water partition coefficient (Wildman–Crippen LogP) is 4.62. The average molecular weight is 398 g/mol. The lowest BCUT2D eigenvalue weighted by Crippen LogP contribution is -2.22. The van der Waals surface area contributed by atoms with Crippen molar-refractivity contribution in [2.75, 3.05) is 13.0 Å². The first-order chi connectivity index (χ1) is 17.1. The van der Waals surface area contributed by atoms with Gasteiger partial charge in [-0.05, 0) is 60.6 Å². The Morgan fingerprint density at radius 2 is 2.00 bits per heavy atom. The highest BCUT2D eigenvalue weighted by atomic mass is 16.4. The van der Waals surface area contributed by atoms with Crippen LogP contribution < -0.4 is 5.32 Å². The smallest absolute Gasteiger partial charge is 0.335 e. The van der Waals surface area contributed by atoms with Crippen molar-refractivity contribution in [1.82, 2.24) is 5.32 Å². The maximum atomic E-state index is 11.4. The summed E-state index contributed by atoms with van der Waals surface area (Å²) in [6.45, 7) is -1.19. The Balaban J connectivity index is 1.90. The fourth-order valence-corrected chi connectivity index (χ4v) is 2.74. The van der Waals surface area contributed by atoms with Crippen LogP contribution in [0.25, 0.3) is 11.1 Å². The van der Waals surface area contributed by atoms with E-state index in [0.29, 0.717) is 5.56 Å². The number of benzene rings is 3. The van der Waals surface area contributed by atoms with Crippen LogP contribution in [0.5, 0.6) is 0 Å². The molecule has 0 aliphatic carbocycles. The van der Waals surface area contributed by atoms with Gasteiger partial charge >= 0.3 is 5.97 Å². The van der Waals surface area contributed by atoms with E-state index in [9.17, 15) is 15.0 Å². The van der Waals surface area contributed by atoms with Crippen LogP contribution in [-0.2, 0) is 6.42 Å². The van der Waals surface area contributed by atoms with Gasteiger partial charge in [0.1, 0.15) is 0 Å². The highest BCUT2D eigenvalue weighted by Gasteiger charge is 2.07. The lowest BCUT2D eigenvalue weighted by atomic mass is 9.99. The minimum atomic E-state index is -2.40. The van der Waals surface area contributed by atoms with Gasteiger partial charge < -0.3 is 15.5 Å². The molecule has 0 heterocycles. The van der Waals surface area contributed by atoms with E-state index in [4.69, 9.17) is 11.0 Å². The molecule has 0 aliphatic rings. The quantitative estimate of drug-likeness (QED) is 0.493. The second kappa shape index (κ2) is 10.0. The molecule has 4 nitrogen and oxygen atoms in total. The molecule has 3 rings (SSSR count). The van der Waals surface area contributed by atoms with Crippen molar-refractivity contribution in [2.24, 2.45) is 0 Å². The van der Waals surface area contributed by atoms with E-state index in [-0.39, 0.29) is 28.3 Å². The van der Waals surface area contributed by atoms with Gasteiger partial charge in [0.15, 0.2) is 0 Å². The number of rotatable bonds is 9. The van der Waals surface area contributed by atoms with Gasteiger partial charge in [0.05, 0.1) is 17.2 Å². The number of carboxylic acid groups (broad SMARTS) is 1. The molecule has 0 aromatic heterocycles. The third kappa shape index (κ3) is 6.01. The standard InChI is InChI=1S/C25H27NO3/c1-18-6-2-11-22(14-18)24(27)17-26-13-5-8-19-7-3-9-20(15-19)21-10-4-12-23(16-21)25(28)29/h2-4,6-7,9-12,14-16,24,26-27H,5,8,13,17H2,1H3,(H,28,29)/t24-/m0/s1/i3D,5D2,7D,9D,15D,17D2. The van der Waals surface area contributed by atoms with Gasteiger partial charge in [0.25, 0.3) is 0 Å². The number of aryl methyl sites for hydroxylation is 1. The maximum Gasteiger partial charge on any atom is 0.335 e. The summed E-state index contributed by atoms with van der Waals surface area (Å²) in [5.41, 5.74) is 0.978. The van der Waals surface area contributed by atoms with E-state index in [1.807, 2.05) is 0 Å². The Kier molecular flexibility index (Phi) is 4.34. The van der Waals surface area contributed by atoms with Crippen LogP contribution in [-0.4, -0.2) is 29.2 Å². The second-order valence-corrected chi connectivity index (χ2v) is 6.48. The number of nitrogens with one attached hydrogen (secondary N) is 1. The number of hydrogen-bond donors (Lipinski definition) is 3. The molecule has 0 saturated carbocycles. The molecule has 0 bridgehead atoms. The fourth-order valence-electron chi connectivity index (χ4n) is 2.74. The molecule has 3 aromatic carbocycles. The van der Waals surface area contributed by atoms with Crippen molar-refractivity contribution in [3.63, 3.8) is 0 Å². The Bertz CT molecular complexity index is 1330. The SMILES string of the molecule is [2H]c1c([2H])c(CC([2H])([2H])CNC([2H])([2H])[C@H](O)c2cccc(C)c2)c([2H])c(-c2cccc(C(=O)O)c2)c1[2H]. The first kappa shape index (κ1) is 12.6. The van der Waals surface area contributed by atoms with Crippen molar-refractivity contribution < 1.29 is 26.0 Å². The van der Waals surface area contributed by atoms with Crippen molar-refractivity contribution in [3.8, 4) is 11.1 Å². The van der Waals surface area contributed by atoms with Gasteiger partial charge in [-0.25, -0.2) is 4.79 Å². The number of carboxylic acids is 1. The summed E-state index contributed by atoms with van der Waals surface area (Å²) in [4.78, 5) is 11.4. The zero-order chi connectivity index (χ0) is 27.7. The summed E-state index contributed by atoms with van der Waals surface area (Å²) in [7, 11) is 0. The van der Waals surface area contributed by atoms with Gasteiger partial charge in [0.2, 0.25) is 0 Å². The molecule has 1 atom stereocenters. The molecule has 0 aliphatic heterocycles. The van der Waals surface area contributed by atoms with Crippen LogP contribution >= 0.6 is 0 Å². The molecule has 0 amide bonds. The van der Waals surface area contributed by atoms with Crippen molar-refractivity contribution in [1.29, 1.82) is 0 Å². The Morgan fingerprint density at radius 3 is 2.79 bits per heavy atom.